The number of nitrogens with one attached hydrogen (secondary N) is 2. The molecule has 8 nitrogen and oxygen atoms in total. The van der Waals surface area contributed by atoms with Crippen molar-refractivity contribution in [2.45, 2.75) is 4.90 Å². The van der Waals surface area contributed by atoms with E-state index in [-0.39, 0.29) is 22.0 Å². The van der Waals surface area contributed by atoms with Crippen LogP contribution < -0.4 is 14.8 Å². The number of hydrogen-bond donors (Lipinski definition) is 2. The summed E-state index contributed by atoms with van der Waals surface area (Å²) in [6.07, 6.45) is 4.13. The number of carbonyl (C=O) groups excluding carboxylic acids is 1. The number of amides is 1. The maximum Gasteiger partial charge on any atom is 0.275 e. The molecule has 2 aromatic carbocycles. The Bertz CT molecular complexity index is 1090. The van der Waals surface area contributed by atoms with Gasteiger partial charge in [0.1, 0.15) is 16.3 Å². The quantitative estimate of drug-likeness (QED) is 0.636. The minimum atomic E-state index is -3.99. The molecule has 1 heterocycles. The largest absolute Gasteiger partial charge is 0.495 e. The Morgan fingerprint density at radius 3 is 2.43 bits per heavy atom. The SMILES string of the molecule is COc1ccc(NC(=O)c2cnccn2)cc1S(=O)(=O)Nc1ccc(Cl)cc1. The molecule has 28 heavy (non-hydrogen) atoms. The van der Waals surface area contributed by atoms with E-state index >= 15 is 0 Å². The molecule has 144 valence electrons. The molecule has 0 aliphatic rings. The second kappa shape index (κ2) is 8.24. The molecule has 0 unspecified atom stereocenters. The molecular weight excluding hydrogens is 404 g/mol. The molecule has 10 heteroatoms. The van der Waals surface area contributed by atoms with Crippen molar-refractivity contribution in [2.24, 2.45) is 0 Å². The van der Waals surface area contributed by atoms with E-state index in [0.717, 1.165) is 0 Å². The van der Waals surface area contributed by atoms with E-state index in [9.17, 15) is 13.2 Å². The maximum atomic E-state index is 12.8. The summed E-state index contributed by atoms with van der Waals surface area (Å²) in [5.74, 6) is -0.397. The number of halogens is 1. The number of anilines is 2. The van der Waals surface area contributed by atoms with Crippen molar-refractivity contribution >= 4 is 38.9 Å². The first-order valence-electron chi connectivity index (χ1n) is 7.93. The molecule has 1 amide bonds. The topological polar surface area (TPSA) is 110 Å². The lowest BCUT2D eigenvalue weighted by molar-refractivity contribution is 0.102. The van der Waals surface area contributed by atoms with Crippen molar-refractivity contribution < 1.29 is 17.9 Å². The van der Waals surface area contributed by atoms with Gasteiger partial charge in [0.05, 0.1) is 13.3 Å². The number of sulfonamides is 1. The van der Waals surface area contributed by atoms with Crippen molar-refractivity contribution in [3.05, 3.63) is 71.8 Å². The van der Waals surface area contributed by atoms with Crippen molar-refractivity contribution in [2.75, 3.05) is 17.1 Å². The van der Waals surface area contributed by atoms with Gasteiger partial charge in [-0.3, -0.25) is 14.5 Å². The molecular formula is C18H15ClN4O4S. The van der Waals surface area contributed by atoms with Crippen molar-refractivity contribution in [1.82, 2.24) is 9.97 Å². The van der Waals surface area contributed by atoms with Gasteiger partial charge in [-0.15, -0.1) is 0 Å². The lowest BCUT2D eigenvalue weighted by atomic mass is 10.3. The Balaban J connectivity index is 1.90. The first kappa shape index (κ1) is 19.6. The van der Waals surface area contributed by atoms with Crippen LogP contribution in [0.3, 0.4) is 0 Å². The average Bonchev–Trinajstić information content (AvgIpc) is 2.70. The van der Waals surface area contributed by atoms with Crippen LogP contribution in [0, 0.1) is 0 Å². The molecule has 3 aromatic rings. The molecule has 0 spiro atoms. The molecule has 2 N–H and O–H groups in total. The highest BCUT2D eigenvalue weighted by molar-refractivity contribution is 7.92. The monoisotopic (exact) mass is 418 g/mol. The van der Waals surface area contributed by atoms with Crippen LogP contribution in [0.4, 0.5) is 11.4 Å². The number of methoxy groups -OCH3 is 1. The third kappa shape index (κ3) is 4.56. The first-order chi connectivity index (χ1) is 13.4. The van der Waals surface area contributed by atoms with Gasteiger partial charge < -0.3 is 10.1 Å². The van der Waals surface area contributed by atoms with Crippen LogP contribution in [0.25, 0.3) is 0 Å². The van der Waals surface area contributed by atoms with Gasteiger partial charge in [0.25, 0.3) is 15.9 Å². The molecule has 1 aromatic heterocycles. The molecule has 0 fully saturated rings. The summed E-state index contributed by atoms with van der Waals surface area (Å²) in [5.41, 5.74) is 0.690. The van der Waals surface area contributed by atoms with Crippen LogP contribution in [0.5, 0.6) is 5.75 Å². The van der Waals surface area contributed by atoms with Gasteiger partial charge in [0.15, 0.2) is 0 Å². The normalized spacial score (nSPS) is 10.9. The van der Waals surface area contributed by atoms with Gasteiger partial charge in [-0.25, -0.2) is 13.4 Å². The van der Waals surface area contributed by atoms with Crippen molar-refractivity contribution in [3.8, 4) is 5.75 Å². The third-order valence-electron chi connectivity index (χ3n) is 3.60. The molecule has 0 radical (unpaired) electrons. The zero-order valence-electron chi connectivity index (χ0n) is 14.6. The maximum absolute atomic E-state index is 12.8. The fourth-order valence-corrected chi connectivity index (χ4v) is 3.68. The number of carbonyl (C=O) groups is 1. The zero-order chi connectivity index (χ0) is 20.1. The van der Waals surface area contributed by atoms with Crippen LogP contribution in [-0.2, 0) is 10.0 Å². The number of nitrogens with zero attached hydrogens (tertiary/aromatic N) is 2. The van der Waals surface area contributed by atoms with Crippen LogP contribution in [0.2, 0.25) is 5.02 Å². The Labute approximate surface area is 166 Å². The molecule has 0 atom stereocenters. The molecule has 0 saturated heterocycles. The Morgan fingerprint density at radius 2 is 1.79 bits per heavy atom. The summed E-state index contributed by atoms with van der Waals surface area (Å²) in [5, 5.41) is 3.07. The fraction of sp³-hybridized carbons (Fsp3) is 0.0556. The number of ether oxygens (including phenoxy) is 1. The zero-order valence-corrected chi connectivity index (χ0v) is 16.2. The summed E-state index contributed by atoms with van der Waals surface area (Å²) in [7, 11) is -2.63. The summed E-state index contributed by atoms with van der Waals surface area (Å²) in [6.45, 7) is 0. The van der Waals surface area contributed by atoms with E-state index in [1.165, 1.54) is 56.0 Å². The summed E-state index contributed by atoms with van der Waals surface area (Å²) >= 11 is 5.82. The van der Waals surface area contributed by atoms with E-state index in [0.29, 0.717) is 10.7 Å². The van der Waals surface area contributed by atoms with Crippen LogP contribution in [-0.4, -0.2) is 31.4 Å². The molecule has 0 aliphatic carbocycles. The third-order valence-corrected chi connectivity index (χ3v) is 5.26. The Kier molecular flexibility index (Phi) is 5.76. The summed E-state index contributed by atoms with van der Waals surface area (Å²) in [6, 6.07) is 10.5. The minimum absolute atomic E-state index is 0.0991. The van der Waals surface area contributed by atoms with Crippen molar-refractivity contribution in [1.29, 1.82) is 0 Å². The van der Waals surface area contributed by atoms with Crippen LogP contribution >= 0.6 is 11.6 Å². The molecule has 3 rings (SSSR count). The molecule has 0 bridgehead atoms. The van der Waals surface area contributed by atoms with E-state index in [2.05, 4.69) is 20.0 Å². The summed E-state index contributed by atoms with van der Waals surface area (Å²) in [4.78, 5) is 19.8. The van der Waals surface area contributed by atoms with Crippen LogP contribution in [0.1, 0.15) is 10.5 Å². The Morgan fingerprint density at radius 1 is 1.07 bits per heavy atom. The van der Waals surface area contributed by atoms with E-state index in [1.807, 2.05) is 0 Å². The van der Waals surface area contributed by atoms with Gasteiger partial charge >= 0.3 is 0 Å². The number of rotatable bonds is 6. The highest BCUT2D eigenvalue weighted by atomic mass is 35.5. The molecule has 0 saturated carbocycles. The lowest BCUT2D eigenvalue weighted by Crippen LogP contribution is -2.16. The first-order valence-corrected chi connectivity index (χ1v) is 9.79. The second-order valence-corrected chi connectivity index (χ2v) is 7.61. The van der Waals surface area contributed by atoms with Gasteiger partial charge in [-0.1, -0.05) is 11.6 Å². The lowest BCUT2D eigenvalue weighted by Gasteiger charge is -2.13. The van der Waals surface area contributed by atoms with E-state index in [1.54, 1.807) is 12.1 Å². The van der Waals surface area contributed by atoms with Crippen molar-refractivity contribution in [3.63, 3.8) is 0 Å². The minimum Gasteiger partial charge on any atom is -0.495 e. The van der Waals surface area contributed by atoms with Gasteiger partial charge in [-0.05, 0) is 42.5 Å². The highest BCUT2D eigenvalue weighted by Crippen LogP contribution is 2.29. The van der Waals surface area contributed by atoms with E-state index < -0.39 is 15.9 Å². The van der Waals surface area contributed by atoms with Gasteiger partial charge in [0.2, 0.25) is 0 Å². The van der Waals surface area contributed by atoms with Crippen LogP contribution in [0.15, 0.2) is 66.0 Å². The number of hydrogen-bond acceptors (Lipinski definition) is 6. The smallest absolute Gasteiger partial charge is 0.275 e. The molecule has 0 aliphatic heterocycles. The van der Waals surface area contributed by atoms with Gasteiger partial charge in [0, 0.05) is 28.8 Å². The number of benzene rings is 2. The average molecular weight is 419 g/mol. The predicted octanol–water partition coefficient (Wildman–Crippen LogP) is 3.19. The summed E-state index contributed by atoms with van der Waals surface area (Å²) < 4.78 is 33.2. The standard InChI is InChI=1S/C18H15ClN4O4S/c1-27-16-7-6-14(22-18(24)15-11-20-8-9-21-15)10-17(16)28(25,26)23-13-4-2-12(19)3-5-13/h2-11,23H,1H3,(H,22,24). The second-order valence-electron chi connectivity index (χ2n) is 5.52. The van der Waals surface area contributed by atoms with E-state index in [4.69, 9.17) is 16.3 Å². The highest BCUT2D eigenvalue weighted by Gasteiger charge is 2.21. The Hall–Kier alpha value is -3.17. The fourth-order valence-electron chi connectivity index (χ4n) is 2.30. The van der Waals surface area contributed by atoms with Gasteiger partial charge in [-0.2, -0.15) is 0 Å². The predicted molar refractivity (Wildman–Crippen MR) is 105 cm³/mol. The number of aromatic nitrogens is 2.